The molecule has 2 N–H and O–H groups in total. The molecule has 0 fully saturated rings. The maximum atomic E-state index is 11.8. The minimum absolute atomic E-state index is 0.337. The van der Waals surface area contributed by atoms with E-state index in [0.29, 0.717) is 18.0 Å². The predicted molar refractivity (Wildman–Crippen MR) is 84.3 cm³/mol. The van der Waals surface area contributed by atoms with Crippen LogP contribution in [-0.4, -0.2) is 27.5 Å². The smallest absolute Gasteiger partial charge is 0.338 e. The summed E-state index contributed by atoms with van der Waals surface area (Å²) in [6.45, 7) is 4.10. The van der Waals surface area contributed by atoms with E-state index >= 15 is 0 Å². The lowest BCUT2D eigenvalue weighted by Crippen LogP contribution is -2.05. The maximum absolute atomic E-state index is 11.8. The molecule has 0 saturated heterocycles. The average molecular weight is 296 g/mol. The molecule has 6 nitrogen and oxygen atoms in total. The molecule has 6 heteroatoms. The molecule has 112 valence electrons. The minimum Gasteiger partial charge on any atom is -0.462 e. The van der Waals surface area contributed by atoms with E-state index in [1.165, 1.54) is 6.33 Å². The van der Waals surface area contributed by atoms with E-state index in [-0.39, 0.29) is 5.97 Å². The molecule has 0 amide bonds. The van der Waals surface area contributed by atoms with Crippen molar-refractivity contribution >= 4 is 28.5 Å². The van der Waals surface area contributed by atoms with Crippen molar-refractivity contribution in [2.75, 3.05) is 11.9 Å². The molecule has 0 saturated carbocycles. The number of benzene rings is 1. The SMILES string of the molecule is CCOC(=O)c1cccc(Nc2ncnc3[nH]c(C)cc23)c1. The number of hydrogen-bond acceptors (Lipinski definition) is 5. The van der Waals surface area contributed by atoms with Crippen LogP contribution in [0.5, 0.6) is 0 Å². The Kier molecular flexibility index (Phi) is 3.74. The Morgan fingerprint density at radius 3 is 3.00 bits per heavy atom. The molecule has 0 atom stereocenters. The van der Waals surface area contributed by atoms with Gasteiger partial charge in [0.25, 0.3) is 0 Å². The number of nitrogens with one attached hydrogen (secondary N) is 2. The Bertz CT molecular complexity index is 826. The van der Waals surface area contributed by atoms with Crippen LogP contribution in [0, 0.1) is 6.92 Å². The molecular formula is C16H16N4O2. The number of aromatic amines is 1. The van der Waals surface area contributed by atoms with Gasteiger partial charge in [-0.1, -0.05) is 6.07 Å². The molecule has 3 rings (SSSR count). The van der Waals surface area contributed by atoms with E-state index in [9.17, 15) is 4.79 Å². The Morgan fingerprint density at radius 2 is 2.18 bits per heavy atom. The van der Waals surface area contributed by atoms with Crippen molar-refractivity contribution in [3.8, 4) is 0 Å². The first kappa shape index (κ1) is 14.1. The monoisotopic (exact) mass is 296 g/mol. The van der Waals surface area contributed by atoms with Gasteiger partial charge in [0.2, 0.25) is 0 Å². The summed E-state index contributed by atoms with van der Waals surface area (Å²) < 4.78 is 5.01. The molecule has 0 aliphatic carbocycles. The second-order valence-electron chi connectivity index (χ2n) is 4.86. The van der Waals surface area contributed by atoms with Gasteiger partial charge in [0, 0.05) is 11.4 Å². The number of rotatable bonds is 4. The molecule has 0 aliphatic rings. The van der Waals surface area contributed by atoms with E-state index in [2.05, 4.69) is 20.3 Å². The number of esters is 1. The van der Waals surface area contributed by atoms with Gasteiger partial charge < -0.3 is 15.0 Å². The number of carbonyl (C=O) groups excluding carboxylic acids is 1. The summed E-state index contributed by atoms with van der Waals surface area (Å²) in [5.41, 5.74) is 3.06. The van der Waals surface area contributed by atoms with E-state index in [4.69, 9.17) is 4.74 Å². The van der Waals surface area contributed by atoms with Gasteiger partial charge in [-0.05, 0) is 38.1 Å². The third-order valence-electron chi connectivity index (χ3n) is 3.20. The topological polar surface area (TPSA) is 79.9 Å². The third-order valence-corrected chi connectivity index (χ3v) is 3.20. The van der Waals surface area contributed by atoms with E-state index < -0.39 is 0 Å². The van der Waals surface area contributed by atoms with Crippen molar-refractivity contribution in [2.24, 2.45) is 0 Å². The van der Waals surface area contributed by atoms with Crippen molar-refractivity contribution in [3.05, 3.63) is 47.9 Å². The van der Waals surface area contributed by atoms with Gasteiger partial charge in [-0.3, -0.25) is 0 Å². The summed E-state index contributed by atoms with van der Waals surface area (Å²) in [4.78, 5) is 23.4. The van der Waals surface area contributed by atoms with Crippen LogP contribution >= 0.6 is 0 Å². The second-order valence-corrected chi connectivity index (χ2v) is 4.86. The summed E-state index contributed by atoms with van der Waals surface area (Å²) in [6.07, 6.45) is 1.50. The Labute approximate surface area is 127 Å². The van der Waals surface area contributed by atoms with Crippen LogP contribution in [0.4, 0.5) is 11.5 Å². The van der Waals surface area contributed by atoms with E-state index in [1.54, 1.807) is 25.1 Å². The minimum atomic E-state index is -0.337. The van der Waals surface area contributed by atoms with Crippen molar-refractivity contribution < 1.29 is 9.53 Å². The van der Waals surface area contributed by atoms with Crippen LogP contribution in [0.25, 0.3) is 11.0 Å². The fourth-order valence-corrected chi connectivity index (χ4v) is 2.25. The van der Waals surface area contributed by atoms with E-state index in [1.807, 2.05) is 19.1 Å². The summed E-state index contributed by atoms with van der Waals surface area (Å²) in [6, 6.07) is 9.11. The van der Waals surface area contributed by atoms with Gasteiger partial charge in [-0.15, -0.1) is 0 Å². The molecule has 1 aromatic carbocycles. The van der Waals surface area contributed by atoms with Crippen LogP contribution in [0.2, 0.25) is 0 Å². The molecule has 0 unspecified atom stereocenters. The van der Waals surface area contributed by atoms with Crippen LogP contribution in [0.1, 0.15) is 23.0 Å². The fraction of sp³-hybridized carbons (Fsp3) is 0.188. The van der Waals surface area contributed by atoms with Crippen molar-refractivity contribution in [1.82, 2.24) is 15.0 Å². The van der Waals surface area contributed by atoms with Crippen molar-refractivity contribution in [2.45, 2.75) is 13.8 Å². The number of ether oxygens (including phenoxy) is 1. The number of fused-ring (bicyclic) bond motifs is 1. The number of hydrogen-bond donors (Lipinski definition) is 2. The third kappa shape index (κ3) is 2.76. The molecule has 0 aliphatic heterocycles. The molecule has 0 spiro atoms. The summed E-state index contributed by atoms with van der Waals surface area (Å²) >= 11 is 0. The Balaban J connectivity index is 1.92. The molecule has 2 aromatic heterocycles. The number of anilines is 2. The number of carbonyl (C=O) groups is 1. The highest BCUT2D eigenvalue weighted by Crippen LogP contribution is 2.24. The summed E-state index contributed by atoms with van der Waals surface area (Å²) in [5, 5.41) is 4.12. The summed E-state index contributed by atoms with van der Waals surface area (Å²) in [5.74, 6) is 0.354. The lowest BCUT2D eigenvalue weighted by molar-refractivity contribution is 0.0526. The highest BCUT2D eigenvalue weighted by Gasteiger charge is 2.09. The largest absolute Gasteiger partial charge is 0.462 e. The molecule has 3 aromatic rings. The standard InChI is InChI=1S/C16H16N4O2/c1-3-22-16(21)11-5-4-6-12(8-11)20-15-13-7-10(2)19-14(13)17-9-18-15/h4-9H,3H2,1-2H3,(H2,17,18,19,20). The van der Waals surface area contributed by atoms with Crippen LogP contribution in [0.3, 0.4) is 0 Å². The van der Waals surface area contributed by atoms with Gasteiger partial charge in [0.05, 0.1) is 17.6 Å². The predicted octanol–water partition coefficient (Wildman–Crippen LogP) is 3.19. The van der Waals surface area contributed by atoms with Crippen LogP contribution < -0.4 is 5.32 Å². The zero-order chi connectivity index (χ0) is 15.5. The van der Waals surface area contributed by atoms with Gasteiger partial charge in [-0.25, -0.2) is 14.8 Å². The van der Waals surface area contributed by atoms with Gasteiger partial charge in [0.15, 0.2) is 0 Å². The lowest BCUT2D eigenvalue weighted by atomic mass is 10.2. The zero-order valence-electron chi connectivity index (χ0n) is 12.4. The van der Waals surface area contributed by atoms with Gasteiger partial charge >= 0.3 is 5.97 Å². The van der Waals surface area contributed by atoms with Crippen molar-refractivity contribution in [3.63, 3.8) is 0 Å². The molecular weight excluding hydrogens is 280 g/mol. The highest BCUT2D eigenvalue weighted by atomic mass is 16.5. The quantitative estimate of drug-likeness (QED) is 0.723. The first-order chi connectivity index (χ1) is 10.7. The average Bonchev–Trinajstić information content (AvgIpc) is 2.89. The Hall–Kier alpha value is -2.89. The molecule has 0 radical (unpaired) electrons. The normalized spacial score (nSPS) is 10.6. The summed E-state index contributed by atoms with van der Waals surface area (Å²) in [7, 11) is 0. The van der Waals surface area contributed by atoms with Gasteiger partial charge in [0.1, 0.15) is 17.8 Å². The number of nitrogens with zero attached hydrogens (tertiary/aromatic N) is 2. The van der Waals surface area contributed by atoms with Crippen LogP contribution in [-0.2, 0) is 4.74 Å². The number of aromatic nitrogens is 3. The lowest BCUT2D eigenvalue weighted by Gasteiger charge is -2.08. The highest BCUT2D eigenvalue weighted by molar-refractivity contribution is 5.92. The first-order valence-electron chi connectivity index (χ1n) is 7.02. The number of aryl methyl sites for hydroxylation is 1. The van der Waals surface area contributed by atoms with Gasteiger partial charge in [-0.2, -0.15) is 0 Å². The molecule has 22 heavy (non-hydrogen) atoms. The van der Waals surface area contributed by atoms with Crippen LogP contribution in [0.15, 0.2) is 36.7 Å². The Morgan fingerprint density at radius 1 is 1.32 bits per heavy atom. The second kappa shape index (κ2) is 5.85. The zero-order valence-corrected chi connectivity index (χ0v) is 12.4. The fourth-order valence-electron chi connectivity index (χ4n) is 2.25. The maximum Gasteiger partial charge on any atom is 0.338 e. The number of H-pyrrole nitrogens is 1. The first-order valence-corrected chi connectivity index (χ1v) is 7.02. The van der Waals surface area contributed by atoms with E-state index in [0.717, 1.165) is 22.4 Å². The molecule has 2 heterocycles. The molecule has 0 bridgehead atoms. The van der Waals surface area contributed by atoms with Crippen molar-refractivity contribution in [1.29, 1.82) is 0 Å².